The van der Waals surface area contributed by atoms with Gasteiger partial charge in [-0.25, -0.2) is 0 Å². The third-order valence-electron chi connectivity index (χ3n) is 2.77. The molecule has 0 atom stereocenters. The molecule has 3 N–H and O–H groups in total. The lowest BCUT2D eigenvalue weighted by molar-refractivity contribution is 0.0963. The molecule has 1 aromatic rings. The summed E-state index contributed by atoms with van der Waals surface area (Å²) in [6, 6.07) is 7.56. The number of carbonyl (C=O) groups is 1. The van der Waals surface area contributed by atoms with Crippen LogP contribution in [0.2, 0.25) is 0 Å². The average Bonchev–Trinajstić information content (AvgIpc) is 2.45. The van der Waals surface area contributed by atoms with Gasteiger partial charge in [-0.3, -0.25) is 9.79 Å². The van der Waals surface area contributed by atoms with Crippen LogP contribution in [0.15, 0.2) is 29.3 Å². The van der Waals surface area contributed by atoms with Gasteiger partial charge < -0.3 is 16.0 Å². The molecule has 96 valence electrons. The zero-order chi connectivity index (χ0) is 12.8. The molecule has 0 saturated carbocycles. The molecule has 18 heavy (non-hydrogen) atoms. The van der Waals surface area contributed by atoms with Crippen molar-refractivity contribution in [3.8, 4) is 0 Å². The Bertz CT molecular complexity index is 456. The summed E-state index contributed by atoms with van der Waals surface area (Å²) in [5.41, 5.74) is 1.74. The number of guanidine groups is 1. The molecule has 1 heterocycles. The van der Waals surface area contributed by atoms with Gasteiger partial charge in [0.1, 0.15) is 0 Å². The van der Waals surface area contributed by atoms with Crippen molar-refractivity contribution in [3.05, 3.63) is 35.4 Å². The predicted molar refractivity (Wildman–Crippen MR) is 71.6 cm³/mol. The molecule has 2 rings (SSSR count). The molecule has 0 bridgehead atoms. The van der Waals surface area contributed by atoms with Gasteiger partial charge in [0, 0.05) is 32.2 Å². The topological polar surface area (TPSA) is 65.5 Å². The van der Waals surface area contributed by atoms with Gasteiger partial charge >= 0.3 is 0 Å². The monoisotopic (exact) mass is 246 g/mol. The van der Waals surface area contributed by atoms with E-state index in [0.29, 0.717) is 12.1 Å². The predicted octanol–water partition coefficient (Wildman–Crippen LogP) is 0.485. The molecule has 0 saturated heterocycles. The van der Waals surface area contributed by atoms with Crippen molar-refractivity contribution in [1.29, 1.82) is 0 Å². The number of aliphatic imine (C=N–C) groups is 1. The van der Waals surface area contributed by atoms with Crippen molar-refractivity contribution < 1.29 is 4.79 Å². The Labute approximate surface area is 107 Å². The van der Waals surface area contributed by atoms with Crippen molar-refractivity contribution in [1.82, 2.24) is 16.0 Å². The van der Waals surface area contributed by atoms with E-state index in [0.717, 1.165) is 31.0 Å². The van der Waals surface area contributed by atoms with Crippen LogP contribution in [-0.2, 0) is 6.54 Å². The fraction of sp³-hybridized carbons (Fsp3) is 0.385. The van der Waals surface area contributed by atoms with Gasteiger partial charge in [-0.1, -0.05) is 12.1 Å². The zero-order valence-corrected chi connectivity index (χ0v) is 10.5. The summed E-state index contributed by atoms with van der Waals surface area (Å²) in [6.45, 7) is 2.49. The molecule has 1 aliphatic rings. The molecular weight excluding hydrogens is 228 g/mol. The summed E-state index contributed by atoms with van der Waals surface area (Å²) in [5, 5.41) is 9.05. The SMILES string of the molecule is CNC(=O)c1cccc(CNC2=NCCCN2)c1. The molecule has 1 amide bonds. The Balaban J connectivity index is 1.96. The number of hydrogen-bond donors (Lipinski definition) is 3. The van der Waals surface area contributed by atoms with Crippen LogP contribution in [0, 0.1) is 0 Å². The molecule has 0 spiro atoms. The molecule has 0 aromatic heterocycles. The lowest BCUT2D eigenvalue weighted by Gasteiger charge is -2.16. The van der Waals surface area contributed by atoms with Crippen LogP contribution in [0.25, 0.3) is 0 Å². The van der Waals surface area contributed by atoms with Crippen LogP contribution in [-0.4, -0.2) is 32.0 Å². The van der Waals surface area contributed by atoms with Gasteiger partial charge in [-0.15, -0.1) is 0 Å². The first kappa shape index (κ1) is 12.4. The first-order chi connectivity index (χ1) is 8.79. The third kappa shape index (κ3) is 3.23. The maximum atomic E-state index is 11.5. The van der Waals surface area contributed by atoms with Crippen LogP contribution in [0.3, 0.4) is 0 Å². The Kier molecular flexibility index (Phi) is 4.17. The van der Waals surface area contributed by atoms with Crippen molar-refractivity contribution >= 4 is 11.9 Å². The van der Waals surface area contributed by atoms with E-state index in [4.69, 9.17) is 0 Å². The van der Waals surface area contributed by atoms with Gasteiger partial charge in [-0.05, 0) is 24.1 Å². The van der Waals surface area contributed by atoms with Crippen LogP contribution in [0.4, 0.5) is 0 Å². The number of rotatable bonds is 3. The average molecular weight is 246 g/mol. The minimum absolute atomic E-state index is 0.0648. The third-order valence-corrected chi connectivity index (χ3v) is 2.77. The Morgan fingerprint density at radius 3 is 3.11 bits per heavy atom. The van der Waals surface area contributed by atoms with Crippen LogP contribution in [0.5, 0.6) is 0 Å². The number of hydrogen-bond acceptors (Lipinski definition) is 4. The number of nitrogens with zero attached hydrogens (tertiary/aromatic N) is 1. The summed E-state index contributed by atoms with van der Waals surface area (Å²) in [4.78, 5) is 15.8. The van der Waals surface area contributed by atoms with Gasteiger partial charge in [-0.2, -0.15) is 0 Å². The quantitative estimate of drug-likeness (QED) is 0.727. The normalized spacial score (nSPS) is 14.4. The summed E-state index contributed by atoms with van der Waals surface area (Å²) in [7, 11) is 1.63. The van der Waals surface area contributed by atoms with Gasteiger partial charge in [0.15, 0.2) is 5.96 Å². The van der Waals surface area contributed by atoms with E-state index in [9.17, 15) is 4.79 Å². The van der Waals surface area contributed by atoms with E-state index in [1.807, 2.05) is 18.2 Å². The summed E-state index contributed by atoms with van der Waals surface area (Å²) in [5.74, 6) is 0.775. The van der Waals surface area contributed by atoms with Gasteiger partial charge in [0.2, 0.25) is 0 Å². The van der Waals surface area contributed by atoms with Crippen LogP contribution < -0.4 is 16.0 Å². The molecule has 0 fully saturated rings. The summed E-state index contributed by atoms with van der Waals surface area (Å²) < 4.78 is 0. The molecule has 1 aliphatic heterocycles. The smallest absolute Gasteiger partial charge is 0.251 e. The lowest BCUT2D eigenvalue weighted by Crippen LogP contribution is -2.40. The fourth-order valence-electron chi connectivity index (χ4n) is 1.80. The zero-order valence-electron chi connectivity index (χ0n) is 10.5. The summed E-state index contributed by atoms with van der Waals surface area (Å²) >= 11 is 0. The second kappa shape index (κ2) is 6.05. The minimum Gasteiger partial charge on any atom is -0.356 e. The molecular formula is C13H18N4O. The Hall–Kier alpha value is -2.04. The van der Waals surface area contributed by atoms with E-state index in [1.165, 1.54) is 0 Å². The Morgan fingerprint density at radius 2 is 2.39 bits per heavy atom. The minimum atomic E-state index is -0.0648. The summed E-state index contributed by atoms with van der Waals surface area (Å²) in [6.07, 6.45) is 1.08. The first-order valence-electron chi connectivity index (χ1n) is 6.13. The van der Waals surface area contributed by atoms with E-state index in [1.54, 1.807) is 13.1 Å². The first-order valence-corrected chi connectivity index (χ1v) is 6.13. The molecule has 5 nitrogen and oxygen atoms in total. The molecule has 1 aromatic carbocycles. The second-order valence-corrected chi connectivity index (χ2v) is 4.14. The fourth-order valence-corrected chi connectivity index (χ4v) is 1.80. The van der Waals surface area contributed by atoms with E-state index >= 15 is 0 Å². The van der Waals surface area contributed by atoms with E-state index < -0.39 is 0 Å². The van der Waals surface area contributed by atoms with Crippen molar-refractivity contribution in [3.63, 3.8) is 0 Å². The number of carbonyl (C=O) groups excluding carboxylic acids is 1. The second-order valence-electron chi connectivity index (χ2n) is 4.14. The lowest BCUT2D eigenvalue weighted by atomic mass is 10.1. The maximum absolute atomic E-state index is 11.5. The van der Waals surface area contributed by atoms with Gasteiger partial charge in [0.25, 0.3) is 5.91 Å². The van der Waals surface area contributed by atoms with E-state index in [-0.39, 0.29) is 5.91 Å². The molecule has 0 unspecified atom stereocenters. The van der Waals surface area contributed by atoms with Gasteiger partial charge in [0.05, 0.1) is 0 Å². The van der Waals surface area contributed by atoms with Crippen LogP contribution >= 0.6 is 0 Å². The molecule has 0 radical (unpaired) electrons. The van der Waals surface area contributed by atoms with Crippen molar-refractivity contribution in [2.75, 3.05) is 20.1 Å². The highest BCUT2D eigenvalue weighted by molar-refractivity contribution is 5.94. The van der Waals surface area contributed by atoms with Crippen molar-refractivity contribution in [2.24, 2.45) is 4.99 Å². The Morgan fingerprint density at radius 1 is 1.50 bits per heavy atom. The highest BCUT2D eigenvalue weighted by Crippen LogP contribution is 2.05. The van der Waals surface area contributed by atoms with Crippen LogP contribution in [0.1, 0.15) is 22.3 Å². The standard InChI is InChI=1S/C13H18N4O/c1-14-12(18)11-5-2-4-10(8-11)9-17-13-15-6-3-7-16-13/h2,4-5,8H,3,6-7,9H2,1H3,(H,14,18)(H2,15,16,17). The highest BCUT2D eigenvalue weighted by atomic mass is 16.1. The highest BCUT2D eigenvalue weighted by Gasteiger charge is 2.05. The number of benzene rings is 1. The largest absolute Gasteiger partial charge is 0.356 e. The molecule has 5 heteroatoms. The molecule has 0 aliphatic carbocycles. The number of amides is 1. The number of nitrogens with one attached hydrogen (secondary N) is 3. The van der Waals surface area contributed by atoms with Crippen molar-refractivity contribution in [2.45, 2.75) is 13.0 Å². The van der Waals surface area contributed by atoms with E-state index in [2.05, 4.69) is 20.9 Å². The maximum Gasteiger partial charge on any atom is 0.251 e.